The van der Waals surface area contributed by atoms with E-state index in [1.165, 1.54) is 0 Å². The second-order valence-electron chi connectivity index (χ2n) is 3.99. The Bertz CT molecular complexity index is 330. The molecule has 0 saturated carbocycles. The molecule has 82 valence electrons. The van der Waals surface area contributed by atoms with Gasteiger partial charge in [0.15, 0.2) is 5.60 Å². The van der Waals surface area contributed by atoms with E-state index in [0.29, 0.717) is 0 Å². The van der Waals surface area contributed by atoms with Gasteiger partial charge in [-0.1, -0.05) is 30.3 Å². The normalized spacial score (nSPS) is 13.5. The number of carboxylic acids is 1. The number of aliphatic carboxylic acids is 1. The van der Waals surface area contributed by atoms with Gasteiger partial charge in [-0.05, 0) is 26.3 Å². The third-order valence-electron chi connectivity index (χ3n) is 2.26. The van der Waals surface area contributed by atoms with Gasteiger partial charge in [-0.3, -0.25) is 0 Å². The smallest absolute Gasteiger partial charge is 0.335 e. The highest BCUT2D eigenvalue weighted by Crippen LogP contribution is 2.23. The van der Waals surface area contributed by atoms with Crippen LogP contribution in [0, 0.1) is 0 Å². The predicted octanol–water partition coefficient (Wildman–Crippen LogP) is 2.63. The minimum absolute atomic E-state index is 0.225. The van der Waals surface area contributed by atoms with Crippen LogP contribution in [0.3, 0.4) is 0 Å². The Balaban J connectivity index is 2.72. The van der Waals surface area contributed by atoms with E-state index in [4.69, 9.17) is 9.84 Å². The lowest BCUT2D eigenvalue weighted by atomic mass is 10.1. The van der Waals surface area contributed by atoms with E-state index < -0.39 is 11.6 Å². The number of carbonyl (C=O) groups is 1. The molecule has 15 heavy (non-hydrogen) atoms. The van der Waals surface area contributed by atoms with Gasteiger partial charge in [0.05, 0.1) is 6.10 Å². The van der Waals surface area contributed by atoms with E-state index >= 15 is 0 Å². The summed E-state index contributed by atoms with van der Waals surface area (Å²) < 4.78 is 5.49. The maximum atomic E-state index is 10.9. The molecule has 0 heterocycles. The summed E-state index contributed by atoms with van der Waals surface area (Å²) >= 11 is 0. The molecule has 0 bridgehead atoms. The Morgan fingerprint density at radius 1 is 1.33 bits per heavy atom. The molecular weight excluding hydrogens is 192 g/mol. The Morgan fingerprint density at radius 2 is 1.87 bits per heavy atom. The molecule has 1 unspecified atom stereocenters. The standard InChI is InChI=1S/C12H16O3/c1-9(10-7-5-4-6-8-10)15-12(2,3)11(13)14/h4-9H,1-3H3,(H,13,14). The van der Waals surface area contributed by atoms with Gasteiger partial charge >= 0.3 is 5.97 Å². The van der Waals surface area contributed by atoms with Gasteiger partial charge in [0, 0.05) is 0 Å². The highest BCUT2D eigenvalue weighted by Gasteiger charge is 2.30. The zero-order chi connectivity index (χ0) is 11.5. The molecule has 1 atom stereocenters. The van der Waals surface area contributed by atoms with Crippen molar-refractivity contribution in [3.63, 3.8) is 0 Å². The number of hydrogen-bond donors (Lipinski definition) is 1. The third-order valence-corrected chi connectivity index (χ3v) is 2.26. The van der Waals surface area contributed by atoms with Crippen molar-refractivity contribution in [2.24, 2.45) is 0 Å². The second kappa shape index (κ2) is 4.45. The van der Waals surface area contributed by atoms with E-state index in [0.717, 1.165) is 5.56 Å². The average Bonchev–Trinajstić information content (AvgIpc) is 2.18. The molecule has 0 spiro atoms. The van der Waals surface area contributed by atoms with E-state index in [2.05, 4.69) is 0 Å². The van der Waals surface area contributed by atoms with Crippen LogP contribution in [0.25, 0.3) is 0 Å². The van der Waals surface area contributed by atoms with E-state index in [9.17, 15) is 4.79 Å². The van der Waals surface area contributed by atoms with Crippen molar-refractivity contribution >= 4 is 5.97 Å². The van der Waals surface area contributed by atoms with Crippen LogP contribution in [0.1, 0.15) is 32.4 Å². The monoisotopic (exact) mass is 208 g/mol. The van der Waals surface area contributed by atoms with Crippen LogP contribution in [0.5, 0.6) is 0 Å². The Hall–Kier alpha value is -1.35. The summed E-state index contributed by atoms with van der Waals surface area (Å²) in [5, 5.41) is 8.91. The SMILES string of the molecule is CC(OC(C)(C)C(=O)O)c1ccccc1. The minimum Gasteiger partial charge on any atom is -0.479 e. The average molecular weight is 208 g/mol. The molecule has 0 aliphatic heterocycles. The van der Waals surface area contributed by atoms with Crippen LogP contribution in [0.4, 0.5) is 0 Å². The Labute approximate surface area is 89.7 Å². The number of hydrogen-bond acceptors (Lipinski definition) is 2. The topological polar surface area (TPSA) is 46.5 Å². The molecule has 1 aromatic rings. The van der Waals surface area contributed by atoms with Crippen LogP contribution >= 0.6 is 0 Å². The Kier molecular flexibility index (Phi) is 3.48. The third kappa shape index (κ3) is 3.06. The van der Waals surface area contributed by atoms with Crippen molar-refractivity contribution in [1.29, 1.82) is 0 Å². The molecule has 0 radical (unpaired) electrons. The van der Waals surface area contributed by atoms with Crippen LogP contribution in [0.2, 0.25) is 0 Å². The van der Waals surface area contributed by atoms with Crippen LogP contribution in [-0.2, 0) is 9.53 Å². The van der Waals surface area contributed by atoms with Gasteiger partial charge in [0.25, 0.3) is 0 Å². The molecule has 0 fully saturated rings. The number of rotatable bonds is 4. The van der Waals surface area contributed by atoms with Crippen molar-refractivity contribution in [1.82, 2.24) is 0 Å². The molecular formula is C12H16O3. The molecule has 0 aliphatic rings. The molecule has 0 amide bonds. The summed E-state index contributed by atoms with van der Waals surface area (Å²) in [7, 11) is 0. The van der Waals surface area contributed by atoms with E-state index in [1.54, 1.807) is 13.8 Å². The van der Waals surface area contributed by atoms with Gasteiger partial charge in [-0.25, -0.2) is 4.79 Å². The molecule has 1 aromatic carbocycles. The van der Waals surface area contributed by atoms with Crippen molar-refractivity contribution < 1.29 is 14.6 Å². The van der Waals surface area contributed by atoms with E-state index in [-0.39, 0.29) is 6.10 Å². The molecule has 1 rings (SSSR count). The summed E-state index contributed by atoms with van der Waals surface area (Å²) in [6.45, 7) is 4.95. The molecule has 0 aromatic heterocycles. The Morgan fingerprint density at radius 3 is 2.33 bits per heavy atom. The van der Waals surface area contributed by atoms with Gasteiger partial charge < -0.3 is 9.84 Å². The minimum atomic E-state index is -1.16. The van der Waals surface area contributed by atoms with Crippen LogP contribution in [-0.4, -0.2) is 16.7 Å². The summed E-state index contributed by atoms with van der Waals surface area (Å²) in [6.07, 6.45) is -0.225. The molecule has 0 aliphatic carbocycles. The summed E-state index contributed by atoms with van der Waals surface area (Å²) in [5.74, 6) is -0.953. The molecule has 3 nitrogen and oxygen atoms in total. The lowest BCUT2D eigenvalue weighted by Crippen LogP contribution is -2.35. The summed E-state index contributed by atoms with van der Waals surface area (Å²) in [5.41, 5.74) is -0.179. The summed E-state index contributed by atoms with van der Waals surface area (Å²) in [6, 6.07) is 9.57. The van der Waals surface area contributed by atoms with Gasteiger partial charge in [-0.15, -0.1) is 0 Å². The van der Waals surface area contributed by atoms with Crippen molar-refractivity contribution in [3.8, 4) is 0 Å². The second-order valence-corrected chi connectivity index (χ2v) is 3.99. The maximum Gasteiger partial charge on any atom is 0.335 e. The molecule has 3 heteroatoms. The van der Waals surface area contributed by atoms with Crippen LogP contribution < -0.4 is 0 Å². The highest BCUT2D eigenvalue weighted by atomic mass is 16.5. The number of benzene rings is 1. The lowest BCUT2D eigenvalue weighted by molar-refractivity contribution is -0.167. The molecule has 0 saturated heterocycles. The fourth-order valence-electron chi connectivity index (χ4n) is 1.28. The first-order chi connectivity index (χ1) is 6.93. The fourth-order valence-corrected chi connectivity index (χ4v) is 1.28. The van der Waals surface area contributed by atoms with E-state index in [1.807, 2.05) is 37.3 Å². The van der Waals surface area contributed by atoms with Crippen molar-refractivity contribution in [2.45, 2.75) is 32.5 Å². The van der Waals surface area contributed by atoms with Crippen molar-refractivity contribution in [3.05, 3.63) is 35.9 Å². The zero-order valence-electron chi connectivity index (χ0n) is 9.23. The highest BCUT2D eigenvalue weighted by molar-refractivity contribution is 5.76. The van der Waals surface area contributed by atoms with Gasteiger partial charge in [0.2, 0.25) is 0 Å². The first-order valence-electron chi connectivity index (χ1n) is 4.89. The zero-order valence-corrected chi connectivity index (χ0v) is 9.23. The first kappa shape index (κ1) is 11.7. The first-order valence-corrected chi connectivity index (χ1v) is 4.89. The van der Waals surface area contributed by atoms with Crippen molar-refractivity contribution in [2.75, 3.05) is 0 Å². The number of ether oxygens (including phenoxy) is 1. The lowest BCUT2D eigenvalue weighted by Gasteiger charge is -2.25. The maximum absolute atomic E-state index is 10.9. The predicted molar refractivity (Wildman–Crippen MR) is 57.7 cm³/mol. The summed E-state index contributed by atoms with van der Waals surface area (Å²) in [4.78, 5) is 10.9. The van der Waals surface area contributed by atoms with Gasteiger partial charge in [0.1, 0.15) is 0 Å². The molecule has 1 N–H and O–H groups in total. The largest absolute Gasteiger partial charge is 0.479 e. The van der Waals surface area contributed by atoms with Gasteiger partial charge in [-0.2, -0.15) is 0 Å². The fraction of sp³-hybridized carbons (Fsp3) is 0.417. The quantitative estimate of drug-likeness (QED) is 0.827. The van der Waals surface area contributed by atoms with Crippen LogP contribution in [0.15, 0.2) is 30.3 Å². The number of carboxylic acid groups (broad SMARTS) is 1.